The Morgan fingerprint density at radius 1 is 0.864 bits per heavy atom. The lowest BCUT2D eigenvalue weighted by Gasteiger charge is -2.07. The number of aryl methyl sites for hydroxylation is 2. The molecule has 0 amide bonds. The average Bonchev–Trinajstić information content (AvgIpc) is 2.49. The van der Waals surface area contributed by atoms with Crippen molar-refractivity contribution in [2.24, 2.45) is 0 Å². The van der Waals surface area contributed by atoms with E-state index in [-0.39, 0.29) is 14.9 Å². The second-order valence-electron chi connectivity index (χ2n) is 5.33. The van der Waals surface area contributed by atoms with Crippen molar-refractivity contribution in [3.8, 4) is 0 Å². The van der Waals surface area contributed by atoms with Gasteiger partial charge < -0.3 is 0 Å². The number of benzene rings is 2. The number of rotatable bonds is 3. The molecule has 22 heavy (non-hydrogen) atoms. The lowest BCUT2D eigenvalue weighted by Crippen LogP contribution is -1.89. The van der Waals surface area contributed by atoms with E-state index in [4.69, 9.17) is 0 Å². The number of hydrogen-bond donors (Lipinski definition) is 0. The van der Waals surface area contributed by atoms with Crippen molar-refractivity contribution < 1.29 is 0 Å². The summed E-state index contributed by atoms with van der Waals surface area (Å²) in [6, 6.07) is 17.1. The van der Waals surface area contributed by atoms with Gasteiger partial charge in [0.2, 0.25) is 0 Å². The van der Waals surface area contributed by atoms with Crippen LogP contribution in [0.25, 0.3) is 6.08 Å². The largest absolute Gasteiger partial charge is 0.0985 e. The monoisotopic (exact) mass is 298 g/mol. The summed E-state index contributed by atoms with van der Waals surface area (Å²) < 4.78 is 0. The lowest BCUT2D eigenvalue weighted by molar-refractivity contribution is 0.733. The molecule has 0 radical (unpaired) electrons. The lowest BCUT2D eigenvalue weighted by atomic mass is 9.98. The Bertz CT molecular complexity index is 503. The van der Waals surface area contributed by atoms with Gasteiger partial charge in [0.1, 0.15) is 0 Å². The molecule has 0 N–H and O–H groups in total. The van der Waals surface area contributed by atoms with E-state index in [1.54, 1.807) is 0 Å². The van der Waals surface area contributed by atoms with Gasteiger partial charge in [-0.1, -0.05) is 101 Å². The fourth-order valence-electron chi connectivity index (χ4n) is 1.83. The van der Waals surface area contributed by atoms with Crippen LogP contribution >= 0.6 is 0 Å². The van der Waals surface area contributed by atoms with E-state index >= 15 is 0 Å². The Labute approximate surface area is 138 Å². The molecule has 0 aliphatic heterocycles. The molecule has 0 fully saturated rings. The van der Waals surface area contributed by atoms with Crippen LogP contribution in [-0.2, 0) is 0 Å². The topological polar surface area (TPSA) is 0 Å². The first-order valence-electron chi connectivity index (χ1n) is 7.32. The molecule has 1 unspecified atom stereocenters. The highest BCUT2D eigenvalue weighted by Crippen LogP contribution is 2.18. The zero-order valence-corrected chi connectivity index (χ0v) is 13.2. The highest BCUT2D eigenvalue weighted by molar-refractivity contribution is 5.46. The maximum absolute atomic E-state index is 3.66. The third-order valence-corrected chi connectivity index (χ3v) is 3.57. The molecule has 0 heteroatoms. The van der Waals surface area contributed by atoms with Crippen LogP contribution in [0.3, 0.4) is 0 Å². The van der Waals surface area contributed by atoms with Gasteiger partial charge in [-0.25, -0.2) is 0 Å². The molecule has 0 saturated heterocycles. The minimum atomic E-state index is 0. The van der Waals surface area contributed by atoms with Crippen molar-refractivity contribution in [3.05, 3.63) is 77.4 Å². The van der Waals surface area contributed by atoms with Gasteiger partial charge in [0.25, 0.3) is 0 Å². The minimum absolute atomic E-state index is 0. The number of hydrogen-bond acceptors (Lipinski definition) is 0. The summed E-state index contributed by atoms with van der Waals surface area (Å²) in [6.45, 7) is 12.4. The molecule has 2 rings (SSSR count). The highest BCUT2D eigenvalue weighted by Gasteiger charge is 2.00. The summed E-state index contributed by atoms with van der Waals surface area (Å²) in [5.74, 6) is 0.704. The molecule has 2 aromatic rings. The van der Waals surface area contributed by atoms with Gasteiger partial charge in [-0.15, -0.1) is 0 Å². The average molecular weight is 299 g/mol. The molecule has 0 aliphatic carbocycles. The third kappa shape index (κ3) is 7.83. The van der Waals surface area contributed by atoms with Crippen molar-refractivity contribution in [1.29, 1.82) is 0 Å². The smallest absolute Gasteiger partial charge is 0.0193 e. The molecule has 0 nitrogen and oxygen atoms in total. The van der Waals surface area contributed by atoms with Gasteiger partial charge >= 0.3 is 0 Å². The van der Waals surface area contributed by atoms with Gasteiger partial charge in [0.15, 0.2) is 0 Å². The summed E-state index contributed by atoms with van der Waals surface area (Å²) in [5.41, 5.74) is 5.27. The van der Waals surface area contributed by atoms with Gasteiger partial charge in [-0.05, 0) is 37.3 Å². The molecular formula is C22H34. The first-order valence-corrected chi connectivity index (χ1v) is 7.32. The second-order valence-corrected chi connectivity index (χ2v) is 5.33. The van der Waals surface area contributed by atoms with Gasteiger partial charge in [0, 0.05) is 0 Å². The normalized spacial score (nSPS) is 10.2. The molecule has 0 heterocycles. The fraction of sp³-hybridized carbons (Fsp3) is 0.364. The molecule has 0 aliphatic rings. The van der Waals surface area contributed by atoms with E-state index < -0.39 is 0 Å². The molecule has 0 aromatic heterocycles. The quantitative estimate of drug-likeness (QED) is 0.553. The Hall–Kier alpha value is -1.82. The van der Waals surface area contributed by atoms with E-state index in [0.29, 0.717) is 5.92 Å². The zero-order valence-electron chi connectivity index (χ0n) is 13.2. The van der Waals surface area contributed by atoms with Crippen molar-refractivity contribution >= 4 is 6.08 Å². The maximum atomic E-state index is 3.66. The predicted octanol–water partition coefficient (Wildman–Crippen LogP) is 7.42. The van der Waals surface area contributed by atoms with Crippen LogP contribution in [0.2, 0.25) is 0 Å². The zero-order chi connectivity index (χ0) is 15.0. The van der Waals surface area contributed by atoms with E-state index in [9.17, 15) is 0 Å². The van der Waals surface area contributed by atoms with Crippen molar-refractivity contribution in [2.45, 2.75) is 54.9 Å². The van der Waals surface area contributed by atoms with Crippen LogP contribution in [0, 0.1) is 13.8 Å². The predicted molar refractivity (Wildman–Crippen MR) is 105 cm³/mol. The minimum Gasteiger partial charge on any atom is -0.0985 e. The fourth-order valence-corrected chi connectivity index (χ4v) is 1.83. The van der Waals surface area contributed by atoms with Crippen LogP contribution in [0.1, 0.15) is 63.3 Å². The Morgan fingerprint density at radius 2 is 1.27 bits per heavy atom. The second kappa shape index (κ2) is 11.8. The third-order valence-electron chi connectivity index (χ3n) is 3.57. The summed E-state index contributed by atoms with van der Waals surface area (Å²) in [6.07, 6.45) is 3.07. The van der Waals surface area contributed by atoms with Crippen LogP contribution in [-0.4, -0.2) is 0 Å². The van der Waals surface area contributed by atoms with E-state index in [0.717, 1.165) is 0 Å². The van der Waals surface area contributed by atoms with E-state index in [1.807, 2.05) is 6.08 Å². The van der Waals surface area contributed by atoms with Crippen LogP contribution in [0.5, 0.6) is 0 Å². The first-order chi connectivity index (χ1) is 9.56. The van der Waals surface area contributed by atoms with Gasteiger partial charge in [0.05, 0.1) is 0 Å². The first kappa shape index (κ1) is 22.5. The van der Waals surface area contributed by atoms with E-state index in [1.165, 1.54) is 28.7 Å². The van der Waals surface area contributed by atoms with Crippen molar-refractivity contribution in [3.63, 3.8) is 0 Å². The molecule has 1 atom stereocenters. The molecule has 2 aromatic carbocycles. The van der Waals surface area contributed by atoms with Crippen molar-refractivity contribution in [2.75, 3.05) is 0 Å². The summed E-state index contributed by atoms with van der Waals surface area (Å²) in [7, 11) is 0. The summed E-state index contributed by atoms with van der Waals surface area (Å²) in [4.78, 5) is 0. The molecule has 0 saturated carbocycles. The van der Waals surface area contributed by atoms with E-state index in [2.05, 4.69) is 82.8 Å². The van der Waals surface area contributed by atoms with Crippen LogP contribution < -0.4 is 0 Å². The Morgan fingerprint density at radius 3 is 1.64 bits per heavy atom. The van der Waals surface area contributed by atoms with Crippen LogP contribution in [0.15, 0.2) is 55.1 Å². The Kier molecular flexibility index (Phi) is 12.0. The molecule has 0 spiro atoms. The molecule has 122 valence electrons. The highest BCUT2D eigenvalue weighted by atomic mass is 14.1. The SMILES string of the molecule is C.C.C=Cc1ccc(C)cc1.CCC(C)c1ccc(C)cc1. The Balaban J connectivity index is 0. The summed E-state index contributed by atoms with van der Waals surface area (Å²) in [5, 5.41) is 0. The van der Waals surface area contributed by atoms with Gasteiger partial charge in [-0.3, -0.25) is 0 Å². The maximum Gasteiger partial charge on any atom is -0.0193 e. The standard InChI is InChI=1S/C11H16.C9H10.2CH4/c1-4-10(3)11-7-5-9(2)6-8-11;1-3-9-6-4-8(2)5-7-9;;/h5-8,10H,4H2,1-3H3;3-7H,1H2,2H3;2*1H4. The summed E-state index contributed by atoms with van der Waals surface area (Å²) >= 11 is 0. The van der Waals surface area contributed by atoms with Crippen molar-refractivity contribution in [1.82, 2.24) is 0 Å². The van der Waals surface area contributed by atoms with Crippen LogP contribution in [0.4, 0.5) is 0 Å². The molecular weight excluding hydrogens is 264 g/mol. The molecule has 0 bridgehead atoms. The van der Waals surface area contributed by atoms with Gasteiger partial charge in [-0.2, -0.15) is 0 Å².